The summed E-state index contributed by atoms with van der Waals surface area (Å²) in [4.78, 5) is 29.3. The van der Waals surface area contributed by atoms with E-state index in [9.17, 15) is 9.59 Å². The molecule has 1 aromatic rings. The maximum absolute atomic E-state index is 12.8. The van der Waals surface area contributed by atoms with Gasteiger partial charge in [-0.25, -0.2) is 0 Å². The molecule has 2 heterocycles. The number of thioether (sulfide) groups is 1. The van der Waals surface area contributed by atoms with Gasteiger partial charge in [0.1, 0.15) is 4.32 Å². The number of likely N-dealkylation sites (tertiary alicyclic amines) is 1. The van der Waals surface area contributed by atoms with Crippen molar-refractivity contribution in [2.75, 3.05) is 33.9 Å². The molecule has 0 spiro atoms. The van der Waals surface area contributed by atoms with Crippen molar-refractivity contribution >= 4 is 46.2 Å². The third kappa shape index (κ3) is 5.35. The standard InChI is InChI=1S/C22H28N2O4S2/c1-15-8-11-23(12-9-15)20(25)5-4-10-24-21(26)19(30-22(24)29)14-16-6-7-17(27-2)18(13-16)28-3/h6-7,13-15H,4-5,8-12H2,1-3H3. The molecule has 30 heavy (non-hydrogen) atoms. The number of hydrogen-bond acceptors (Lipinski definition) is 6. The number of carbonyl (C=O) groups is 2. The molecule has 1 aromatic carbocycles. The lowest BCUT2D eigenvalue weighted by Crippen LogP contribution is -2.38. The fraction of sp³-hybridized carbons (Fsp3) is 0.500. The maximum atomic E-state index is 12.8. The van der Waals surface area contributed by atoms with Crippen LogP contribution in [0.3, 0.4) is 0 Å². The average Bonchev–Trinajstić information content (AvgIpc) is 3.01. The van der Waals surface area contributed by atoms with E-state index in [1.54, 1.807) is 31.3 Å². The maximum Gasteiger partial charge on any atom is 0.266 e. The van der Waals surface area contributed by atoms with Gasteiger partial charge in [0, 0.05) is 26.1 Å². The summed E-state index contributed by atoms with van der Waals surface area (Å²) in [7, 11) is 3.16. The Bertz CT molecular complexity index is 848. The Kier molecular flexibility index (Phi) is 7.77. The van der Waals surface area contributed by atoms with Crippen molar-refractivity contribution in [3.05, 3.63) is 28.7 Å². The quantitative estimate of drug-likeness (QED) is 0.465. The van der Waals surface area contributed by atoms with Gasteiger partial charge in [-0.3, -0.25) is 14.5 Å². The highest BCUT2D eigenvalue weighted by Crippen LogP contribution is 2.34. The summed E-state index contributed by atoms with van der Waals surface area (Å²) in [5, 5.41) is 0. The van der Waals surface area contributed by atoms with Crippen LogP contribution in [-0.4, -0.2) is 59.8 Å². The molecule has 0 N–H and O–H groups in total. The van der Waals surface area contributed by atoms with E-state index in [0.29, 0.717) is 46.0 Å². The minimum atomic E-state index is -0.112. The Labute approximate surface area is 187 Å². The largest absolute Gasteiger partial charge is 0.493 e. The molecule has 2 aliphatic heterocycles. The van der Waals surface area contributed by atoms with Crippen LogP contribution in [0.5, 0.6) is 11.5 Å². The average molecular weight is 449 g/mol. The first-order valence-electron chi connectivity index (χ1n) is 10.2. The number of ether oxygens (including phenoxy) is 2. The van der Waals surface area contributed by atoms with E-state index in [4.69, 9.17) is 21.7 Å². The number of amides is 2. The highest BCUT2D eigenvalue weighted by Gasteiger charge is 2.32. The smallest absolute Gasteiger partial charge is 0.266 e. The molecule has 6 nitrogen and oxygen atoms in total. The molecule has 0 saturated carbocycles. The zero-order valence-electron chi connectivity index (χ0n) is 17.7. The van der Waals surface area contributed by atoms with Crippen LogP contribution < -0.4 is 9.47 Å². The van der Waals surface area contributed by atoms with Crippen LogP contribution in [0.25, 0.3) is 6.08 Å². The normalized spacial score (nSPS) is 19.0. The molecule has 8 heteroatoms. The van der Waals surface area contributed by atoms with E-state index in [1.807, 2.05) is 17.0 Å². The lowest BCUT2D eigenvalue weighted by molar-refractivity contribution is -0.133. The zero-order valence-corrected chi connectivity index (χ0v) is 19.3. The highest BCUT2D eigenvalue weighted by atomic mass is 32.2. The van der Waals surface area contributed by atoms with E-state index >= 15 is 0 Å². The summed E-state index contributed by atoms with van der Waals surface area (Å²) >= 11 is 6.69. The molecule has 0 bridgehead atoms. The molecule has 0 unspecified atom stereocenters. The summed E-state index contributed by atoms with van der Waals surface area (Å²) in [6.07, 6.45) is 5.01. The van der Waals surface area contributed by atoms with Crippen molar-refractivity contribution in [2.45, 2.75) is 32.6 Å². The fourth-order valence-electron chi connectivity index (χ4n) is 3.59. The van der Waals surface area contributed by atoms with Crippen LogP contribution in [0.1, 0.15) is 38.2 Å². The Morgan fingerprint density at radius 2 is 1.93 bits per heavy atom. The molecule has 2 saturated heterocycles. The number of methoxy groups -OCH3 is 2. The topological polar surface area (TPSA) is 59.1 Å². The summed E-state index contributed by atoms with van der Waals surface area (Å²) in [5.41, 5.74) is 0.836. The van der Waals surface area contributed by atoms with Crippen molar-refractivity contribution in [2.24, 2.45) is 5.92 Å². The van der Waals surface area contributed by atoms with Crippen molar-refractivity contribution in [1.82, 2.24) is 9.80 Å². The second-order valence-corrected chi connectivity index (χ2v) is 9.29. The molecule has 162 valence electrons. The zero-order chi connectivity index (χ0) is 21.7. The molecule has 2 amide bonds. The monoisotopic (exact) mass is 448 g/mol. The van der Waals surface area contributed by atoms with E-state index < -0.39 is 0 Å². The highest BCUT2D eigenvalue weighted by molar-refractivity contribution is 8.26. The number of rotatable bonds is 7. The number of thiocarbonyl (C=S) groups is 1. The van der Waals surface area contributed by atoms with Gasteiger partial charge in [0.2, 0.25) is 5.91 Å². The minimum absolute atomic E-state index is 0.112. The molecular weight excluding hydrogens is 420 g/mol. The third-order valence-corrected chi connectivity index (χ3v) is 6.87. The number of hydrogen-bond donors (Lipinski definition) is 0. The van der Waals surface area contributed by atoms with Crippen LogP contribution in [0.2, 0.25) is 0 Å². The van der Waals surface area contributed by atoms with Gasteiger partial charge < -0.3 is 14.4 Å². The first-order valence-corrected chi connectivity index (χ1v) is 11.4. The van der Waals surface area contributed by atoms with Gasteiger partial charge in [-0.15, -0.1) is 0 Å². The summed E-state index contributed by atoms with van der Waals surface area (Å²) in [5.74, 6) is 2.00. The van der Waals surface area contributed by atoms with Crippen molar-refractivity contribution in [1.29, 1.82) is 0 Å². The van der Waals surface area contributed by atoms with Gasteiger partial charge >= 0.3 is 0 Å². The van der Waals surface area contributed by atoms with Gasteiger partial charge in [-0.1, -0.05) is 37.0 Å². The van der Waals surface area contributed by atoms with E-state index in [0.717, 1.165) is 31.5 Å². The molecule has 2 aliphatic rings. The summed E-state index contributed by atoms with van der Waals surface area (Å²) in [6, 6.07) is 5.49. The summed E-state index contributed by atoms with van der Waals surface area (Å²) < 4.78 is 11.1. The lowest BCUT2D eigenvalue weighted by Gasteiger charge is -2.30. The number of piperidine rings is 1. The van der Waals surface area contributed by atoms with Crippen LogP contribution in [-0.2, 0) is 9.59 Å². The molecular formula is C22H28N2O4S2. The van der Waals surface area contributed by atoms with Crippen LogP contribution in [0.4, 0.5) is 0 Å². The van der Waals surface area contributed by atoms with Gasteiger partial charge in [-0.2, -0.15) is 0 Å². The Balaban J connectivity index is 1.57. The Morgan fingerprint density at radius 3 is 2.60 bits per heavy atom. The first kappa shape index (κ1) is 22.6. The second-order valence-electron chi connectivity index (χ2n) is 7.61. The number of nitrogens with zero attached hydrogens (tertiary/aromatic N) is 2. The van der Waals surface area contributed by atoms with E-state index in [1.165, 1.54) is 11.8 Å². The molecule has 0 aliphatic carbocycles. The van der Waals surface area contributed by atoms with Crippen molar-refractivity contribution in [3.63, 3.8) is 0 Å². The van der Waals surface area contributed by atoms with Crippen LogP contribution in [0, 0.1) is 5.92 Å². The SMILES string of the molecule is COc1ccc(C=C2SC(=S)N(CCCC(=O)N3CCC(C)CC3)C2=O)cc1OC. The first-order chi connectivity index (χ1) is 14.4. The van der Waals surface area contributed by atoms with Crippen LogP contribution >= 0.6 is 24.0 Å². The third-order valence-electron chi connectivity index (χ3n) is 5.49. The molecule has 0 atom stereocenters. The predicted molar refractivity (Wildman–Crippen MR) is 124 cm³/mol. The van der Waals surface area contributed by atoms with Crippen molar-refractivity contribution < 1.29 is 19.1 Å². The Hall–Kier alpha value is -2.06. The van der Waals surface area contributed by atoms with Gasteiger partial charge in [0.25, 0.3) is 5.91 Å². The van der Waals surface area contributed by atoms with Gasteiger partial charge in [0.15, 0.2) is 11.5 Å². The molecule has 3 rings (SSSR count). The number of benzene rings is 1. The lowest BCUT2D eigenvalue weighted by atomic mass is 9.99. The fourth-order valence-corrected chi connectivity index (χ4v) is 4.90. The molecule has 0 aromatic heterocycles. The van der Waals surface area contributed by atoms with Gasteiger partial charge in [0.05, 0.1) is 19.1 Å². The van der Waals surface area contributed by atoms with E-state index in [2.05, 4.69) is 6.92 Å². The van der Waals surface area contributed by atoms with Crippen molar-refractivity contribution in [3.8, 4) is 11.5 Å². The Morgan fingerprint density at radius 1 is 1.23 bits per heavy atom. The minimum Gasteiger partial charge on any atom is -0.493 e. The van der Waals surface area contributed by atoms with Gasteiger partial charge in [-0.05, 0) is 49.0 Å². The van der Waals surface area contributed by atoms with Crippen LogP contribution in [0.15, 0.2) is 23.1 Å². The predicted octanol–water partition coefficient (Wildman–Crippen LogP) is 3.94. The number of carbonyl (C=O) groups excluding carboxylic acids is 2. The van der Waals surface area contributed by atoms with E-state index in [-0.39, 0.29) is 11.8 Å². The molecule has 2 fully saturated rings. The molecule has 0 radical (unpaired) electrons. The summed E-state index contributed by atoms with van der Waals surface area (Å²) in [6.45, 7) is 4.38. The second kappa shape index (κ2) is 10.3.